The third-order valence-corrected chi connectivity index (χ3v) is 4.96. The number of ether oxygens (including phenoxy) is 2. The standard InChI is InChI=1S/C13H19NO2Si.C10H15NO2/c1-14-13(12-8-6-5-7-9-12)15-10-11-16-17(2,3)4;11-8-10(13-7-6-12)9-4-2-1-3-5-9/h5-9,13H,10-11H2,2-4H3;1-5,10,12H,6-8,11H2. The van der Waals surface area contributed by atoms with Gasteiger partial charge in [-0.05, 0) is 37.3 Å². The molecule has 0 saturated carbocycles. The van der Waals surface area contributed by atoms with Gasteiger partial charge in [0.15, 0.2) is 8.32 Å². The Kier molecular flexibility index (Phi) is 12.9. The summed E-state index contributed by atoms with van der Waals surface area (Å²) in [6, 6.07) is 19.3. The summed E-state index contributed by atoms with van der Waals surface area (Å²) >= 11 is 0. The summed E-state index contributed by atoms with van der Waals surface area (Å²) in [5, 5.41) is 8.59. The lowest BCUT2D eigenvalue weighted by atomic mass is 10.1. The molecule has 2 rings (SSSR count). The molecule has 2 unspecified atom stereocenters. The lowest BCUT2D eigenvalue weighted by molar-refractivity contribution is 0.0329. The van der Waals surface area contributed by atoms with Gasteiger partial charge >= 0.3 is 6.23 Å². The van der Waals surface area contributed by atoms with Crippen LogP contribution in [0.15, 0.2) is 60.7 Å². The third kappa shape index (κ3) is 11.2. The average molecular weight is 431 g/mol. The van der Waals surface area contributed by atoms with Gasteiger partial charge in [0.25, 0.3) is 0 Å². The summed E-state index contributed by atoms with van der Waals surface area (Å²) in [6.45, 7) is 15.4. The first-order chi connectivity index (χ1) is 14.4. The van der Waals surface area contributed by atoms with E-state index in [2.05, 4.69) is 24.5 Å². The molecule has 3 N–H and O–H groups in total. The minimum Gasteiger partial charge on any atom is -0.415 e. The van der Waals surface area contributed by atoms with Crippen molar-refractivity contribution in [1.82, 2.24) is 0 Å². The fraction of sp³-hybridized carbons (Fsp3) is 0.435. The van der Waals surface area contributed by atoms with Crippen LogP contribution in [0.5, 0.6) is 0 Å². The van der Waals surface area contributed by atoms with E-state index in [1.165, 1.54) is 0 Å². The molecule has 0 fully saturated rings. The summed E-state index contributed by atoms with van der Waals surface area (Å²) in [5.74, 6) is 0. The van der Waals surface area contributed by atoms with Crippen LogP contribution in [0.2, 0.25) is 19.6 Å². The largest absolute Gasteiger partial charge is 0.415 e. The molecule has 0 amide bonds. The van der Waals surface area contributed by atoms with Gasteiger partial charge in [0, 0.05) is 6.54 Å². The van der Waals surface area contributed by atoms with Gasteiger partial charge in [0.1, 0.15) is 0 Å². The number of benzene rings is 2. The number of hydrogen-bond donors (Lipinski definition) is 2. The molecule has 30 heavy (non-hydrogen) atoms. The van der Waals surface area contributed by atoms with Gasteiger partial charge in [0.2, 0.25) is 0 Å². The molecule has 0 bridgehead atoms. The molecule has 2 aromatic carbocycles. The molecule has 164 valence electrons. The number of nitrogens with zero attached hydrogens (tertiary/aromatic N) is 1. The fourth-order valence-electron chi connectivity index (χ4n) is 2.50. The third-order valence-electron chi connectivity index (χ3n) is 3.89. The predicted molar refractivity (Wildman–Crippen MR) is 122 cm³/mol. The quantitative estimate of drug-likeness (QED) is 0.318. The van der Waals surface area contributed by atoms with Crippen LogP contribution in [0, 0.1) is 6.57 Å². The van der Waals surface area contributed by atoms with Crippen molar-refractivity contribution in [2.24, 2.45) is 5.73 Å². The van der Waals surface area contributed by atoms with Crippen LogP contribution < -0.4 is 5.73 Å². The van der Waals surface area contributed by atoms with Crippen LogP contribution in [0.4, 0.5) is 0 Å². The smallest absolute Gasteiger partial charge is 0.354 e. The molecule has 0 aromatic heterocycles. The molecule has 0 heterocycles. The van der Waals surface area contributed by atoms with Crippen LogP contribution in [-0.4, -0.2) is 46.4 Å². The zero-order valence-electron chi connectivity index (χ0n) is 18.2. The molecule has 0 aliphatic carbocycles. The first-order valence-electron chi connectivity index (χ1n) is 10.1. The van der Waals surface area contributed by atoms with Crippen LogP contribution in [0.1, 0.15) is 23.5 Å². The summed E-state index contributed by atoms with van der Waals surface area (Å²) in [4.78, 5) is 3.48. The first kappa shape index (κ1) is 26.0. The van der Waals surface area contributed by atoms with E-state index in [1.54, 1.807) is 0 Å². The van der Waals surface area contributed by atoms with E-state index < -0.39 is 14.5 Å². The number of nitrogens with two attached hydrogens (primary N) is 1. The molecule has 0 spiro atoms. The van der Waals surface area contributed by atoms with Crippen molar-refractivity contribution in [3.05, 3.63) is 83.2 Å². The zero-order chi connectivity index (χ0) is 22.2. The highest BCUT2D eigenvalue weighted by molar-refractivity contribution is 6.69. The zero-order valence-corrected chi connectivity index (χ0v) is 19.2. The maximum Gasteiger partial charge on any atom is 0.354 e. The van der Waals surface area contributed by atoms with E-state index in [1.807, 2.05) is 60.7 Å². The Labute approximate surface area is 181 Å². The molecule has 0 radical (unpaired) electrons. The second-order valence-corrected chi connectivity index (χ2v) is 12.0. The van der Waals surface area contributed by atoms with E-state index in [9.17, 15) is 0 Å². The highest BCUT2D eigenvalue weighted by Crippen LogP contribution is 2.18. The van der Waals surface area contributed by atoms with Gasteiger partial charge < -0.3 is 24.7 Å². The van der Waals surface area contributed by atoms with Gasteiger partial charge in [0.05, 0.1) is 38.1 Å². The number of aliphatic hydroxyl groups is 1. The van der Waals surface area contributed by atoms with E-state index in [-0.39, 0.29) is 12.7 Å². The van der Waals surface area contributed by atoms with E-state index >= 15 is 0 Å². The molecule has 2 atom stereocenters. The summed E-state index contributed by atoms with van der Waals surface area (Å²) in [6.07, 6.45) is -0.616. The Hall–Kier alpha value is -2.05. The van der Waals surface area contributed by atoms with Crippen molar-refractivity contribution in [3.63, 3.8) is 0 Å². The molecule has 0 aliphatic heterocycles. The highest BCUT2D eigenvalue weighted by atomic mass is 28.4. The summed E-state index contributed by atoms with van der Waals surface area (Å²) in [7, 11) is -1.48. The number of aliphatic hydroxyl groups excluding tert-OH is 1. The van der Waals surface area contributed by atoms with Crippen LogP contribution in [0.25, 0.3) is 4.85 Å². The van der Waals surface area contributed by atoms with Crippen molar-refractivity contribution >= 4 is 8.32 Å². The average Bonchev–Trinajstić information content (AvgIpc) is 2.75. The maximum atomic E-state index is 8.59. The van der Waals surface area contributed by atoms with Crippen LogP contribution in [0.3, 0.4) is 0 Å². The topological polar surface area (TPSA) is 78.3 Å². The van der Waals surface area contributed by atoms with Gasteiger partial charge in [-0.15, -0.1) is 0 Å². The van der Waals surface area contributed by atoms with E-state index in [0.717, 1.165) is 11.1 Å². The van der Waals surface area contributed by atoms with Crippen molar-refractivity contribution in [3.8, 4) is 0 Å². The van der Waals surface area contributed by atoms with E-state index in [0.29, 0.717) is 26.4 Å². The van der Waals surface area contributed by atoms with Crippen LogP contribution >= 0.6 is 0 Å². The minimum atomic E-state index is -1.48. The number of hydrogen-bond acceptors (Lipinski definition) is 5. The molecule has 6 nitrogen and oxygen atoms in total. The van der Waals surface area contributed by atoms with Crippen molar-refractivity contribution in [2.75, 3.05) is 33.0 Å². The molecule has 2 aromatic rings. The summed E-state index contributed by atoms with van der Waals surface area (Å²) in [5.41, 5.74) is 7.49. The minimum absolute atomic E-state index is 0.0311. The second kappa shape index (κ2) is 14.9. The SMILES string of the molecule is NCC(OCCO)c1ccccc1.[C-]#[N+]C(OCCO[Si](C)(C)C)c1ccccc1. The Morgan fingerprint density at radius 2 is 1.47 bits per heavy atom. The molecular weight excluding hydrogens is 396 g/mol. The lowest BCUT2D eigenvalue weighted by Crippen LogP contribution is -2.27. The fourth-order valence-corrected chi connectivity index (χ4v) is 3.19. The van der Waals surface area contributed by atoms with Gasteiger partial charge in [-0.1, -0.05) is 48.5 Å². The van der Waals surface area contributed by atoms with Gasteiger partial charge in [-0.2, -0.15) is 0 Å². The van der Waals surface area contributed by atoms with Crippen LogP contribution in [-0.2, 0) is 13.9 Å². The lowest BCUT2D eigenvalue weighted by Gasteiger charge is -2.17. The van der Waals surface area contributed by atoms with Crippen molar-refractivity contribution < 1.29 is 19.0 Å². The van der Waals surface area contributed by atoms with E-state index in [4.69, 9.17) is 31.3 Å². The van der Waals surface area contributed by atoms with Crippen molar-refractivity contribution in [2.45, 2.75) is 32.0 Å². The monoisotopic (exact) mass is 430 g/mol. The maximum absolute atomic E-state index is 8.59. The van der Waals surface area contributed by atoms with Gasteiger partial charge in [-0.3, -0.25) is 4.85 Å². The molecule has 0 saturated heterocycles. The second-order valence-electron chi connectivity index (χ2n) is 7.45. The molecule has 7 heteroatoms. The first-order valence-corrected chi connectivity index (χ1v) is 13.5. The Bertz CT molecular complexity index is 717. The Morgan fingerprint density at radius 3 is 1.93 bits per heavy atom. The number of rotatable bonds is 11. The summed E-state index contributed by atoms with van der Waals surface area (Å²) < 4.78 is 16.5. The highest BCUT2D eigenvalue weighted by Gasteiger charge is 2.17. The predicted octanol–water partition coefficient (Wildman–Crippen LogP) is 4.17. The molecule has 0 aliphatic rings. The Morgan fingerprint density at radius 1 is 0.900 bits per heavy atom. The van der Waals surface area contributed by atoms with Crippen molar-refractivity contribution in [1.29, 1.82) is 0 Å². The Balaban J connectivity index is 0.000000311. The van der Waals surface area contributed by atoms with Gasteiger partial charge in [-0.25, -0.2) is 6.57 Å². The molecular formula is C23H34N2O4Si. The normalized spacial score (nSPS) is 12.9.